The molecule has 0 saturated carbocycles. The lowest BCUT2D eigenvalue weighted by Crippen LogP contribution is -2.25. The van der Waals surface area contributed by atoms with Gasteiger partial charge in [0, 0.05) is 11.4 Å². The summed E-state index contributed by atoms with van der Waals surface area (Å²) >= 11 is 1.61. The molecule has 1 N–H and O–H groups in total. The van der Waals surface area contributed by atoms with Gasteiger partial charge in [0.2, 0.25) is 5.91 Å². The van der Waals surface area contributed by atoms with Gasteiger partial charge < -0.3 is 5.32 Å². The number of hydrogen-bond donors (Lipinski definition) is 1. The predicted octanol–water partition coefficient (Wildman–Crippen LogP) is 2.33. The molecule has 0 aliphatic heterocycles. The number of nitrogens with one attached hydrogen (secondary N) is 1. The van der Waals surface area contributed by atoms with Gasteiger partial charge in [-0.3, -0.25) is 4.79 Å². The Hall–Kier alpha value is -1.88. The fourth-order valence-electron chi connectivity index (χ4n) is 1.68. The second kappa shape index (κ2) is 7.65. The lowest BCUT2D eigenvalue weighted by atomic mass is 10.2. The zero-order chi connectivity index (χ0) is 14.2. The van der Waals surface area contributed by atoms with Crippen molar-refractivity contribution in [2.45, 2.75) is 19.2 Å². The highest BCUT2D eigenvalue weighted by atomic mass is 32.2. The Morgan fingerprint density at radius 1 is 1.25 bits per heavy atom. The SMILES string of the molecule is Cc1cc(CNC(=O)CSCc2ccccc2)ncn1. The van der Waals surface area contributed by atoms with Crippen molar-refractivity contribution in [2.75, 3.05) is 5.75 Å². The molecule has 0 saturated heterocycles. The quantitative estimate of drug-likeness (QED) is 0.886. The van der Waals surface area contributed by atoms with Gasteiger partial charge in [0.25, 0.3) is 0 Å². The number of hydrogen-bond acceptors (Lipinski definition) is 4. The molecule has 2 rings (SSSR count). The molecule has 1 aromatic heterocycles. The highest BCUT2D eigenvalue weighted by Crippen LogP contribution is 2.11. The maximum atomic E-state index is 11.7. The summed E-state index contributed by atoms with van der Waals surface area (Å²) in [7, 11) is 0. The standard InChI is InChI=1S/C15H17N3OS/c1-12-7-14(18-11-17-12)8-16-15(19)10-20-9-13-5-3-2-4-6-13/h2-7,11H,8-10H2,1H3,(H,16,19). The third-order valence-electron chi connectivity index (χ3n) is 2.67. The van der Waals surface area contributed by atoms with Crippen molar-refractivity contribution < 1.29 is 4.79 Å². The number of aromatic nitrogens is 2. The first-order chi connectivity index (χ1) is 9.74. The molecule has 0 aliphatic rings. The molecule has 0 bridgehead atoms. The van der Waals surface area contributed by atoms with Crippen molar-refractivity contribution in [1.29, 1.82) is 0 Å². The highest BCUT2D eigenvalue weighted by molar-refractivity contribution is 7.99. The molecular weight excluding hydrogens is 270 g/mol. The van der Waals surface area contributed by atoms with E-state index in [9.17, 15) is 4.79 Å². The minimum atomic E-state index is 0.0298. The molecule has 0 radical (unpaired) electrons. The van der Waals surface area contributed by atoms with Gasteiger partial charge in [-0.05, 0) is 18.6 Å². The van der Waals surface area contributed by atoms with E-state index in [1.807, 2.05) is 31.2 Å². The van der Waals surface area contributed by atoms with E-state index < -0.39 is 0 Å². The average molecular weight is 287 g/mol. The zero-order valence-electron chi connectivity index (χ0n) is 11.4. The average Bonchev–Trinajstić information content (AvgIpc) is 2.46. The second-order valence-corrected chi connectivity index (χ2v) is 5.39. The third-order valence-corrected chi connectivity index (χ3v) is 3.68. The molecule has 0 spiro atoms. The Bertz CT molecular complexity index is 560. The molecule has 0 atom stereocenters. The normalized spacial score (nSPS) is 10.2. The van der Waals surface area contributed by atoms with Gasteiger partial charge in [-0.2, -0.15) is 0 Å². The van der Waals surface area contributed by atoms with E-state index in [1.165, 1.54) is 11.9 Å². The first-order valence-corrected chi connectivity index (χ1v) is 7.55. The van der Waals surface area contributed by atoms with Crippen molar-refractivity contribution in [3.8, 4) is 0 Å². The van der Waals surface area contributed by atoms with Crippen molar-refractivity contribution in [2.24, 2.45) is 0 Å². The number of thioether (sulfide) groups is 1. The molecule has 0 aliphatic carbocycles. The Balaban J connectivity index is 1.68. The van der Waals surface area contributed by atoms with Gasteiger partial charge in [0.05, 0.1) is 18.0 Å². The van der Waals surface area contributed by atoms with Gasteiger partial charge in [-0.15, -0.1) is 11.8 Å². The van der Waals surface area contributed by atoms with Crippen molar-refractivity contribution >= 4 is 17.7 Å². The Kier molecular flexibility index (Phi) is 5.55. The summed E-state index contributed by atoms with van der Waals surface area (Å²) < 4.78 is 0. The summed E-state index contributed by atoms with van der Waals surface area (Å²) in [5.41, 5.74) is 2.97. The van der Waals surface area contributed by atoms with E-state index >= 15 is 0 Å². The van der Waals surface area contributed by atoms with Gasteiger partial charge >= 0.3 is 0 Å². The fourth-order valence-corrected chi connectivity index (χ4v) is 2.50. The minimum Gasteiger partial charge on any atom is -0.350 e. The summed E-state index contributed by atoms with van der Waals surface area (Å²) in [6.07, 6.45) is 1.51. The van der Waals surface area contributed by atoms with E-state index in [0.717, 1.165) is 17.1 Å². The molecule has 104 valence electrons. The first kappa shape index (κ1) is 14.5. The van der Waals surface area contributed by atoms with Crippen LogP contribution in [0.4, 0.5) is 0 Å². The monoisotopic (exact) mass is 287 g/mol. The Labute approximate surface area is 123 Å². The largest absolute Gasteiger partial charge is 0.350 e. The van der Waals surface area contributed by atoms with Crippen LogP contribution in [0.5, 0.6) is 0 Å². The molecule has 20 heavy (non-hydrogen) atoms. The molecule has 1 aromatic carbocycles. The second-order valence-electron chi connectivity index (χ2n) is 4.41. The van der Waals surface area contributed by atoms with Gasteiger partial charge in [0.15, 0.2) is 0 Å². The lowest BCUT2D eigenvalue weighted by Gasteiger charge is -2.05. The van der Waals surface area contributed by atoms with Crippen LogP contribution in [0.3, 0.4) is 0 Å². The number of rotatable bonds is 6. The molecule has 1 amide bonds. The number of aryl methyl sites for hydroxylation is 1. The van der Waals surface area contributed by atoms with Crippen LogP contribution in [0.15, 0.2) is 42.7 Å². The smallest absolute Gasteiger partial charge is 0.230 e. The maximum Gasteiger partial charge on any atom is 0.230 e. The van der Waals surface area contributed by atoms with Gasteiger partial charge in [-0.25, -0.2) is 9.97 Å². The molecule has 5 heteroatoms. The number of benzene rings is 1. The Morgan fingerprint density at radius 3 is 2.80 bits per heavy atom. The van der Waals surface area contributed by atoms with E-state index in [4.69, 9.17) is 0 Å². The summed E-state index contributed by atoms with van der Waals surface area (Å²) in [5, 5.41) is 2.86. The van der Waals surface area contributed by atoms with Crippen LogP contribution in [-0.2, 0) is 17.1 Å². The molecule has 1 heterocycles. The van der Waals surface area contributed by atoms with Crippen LogP contribution in [-0.4, -0.2) is 21.6 Å². The lowest BCUT2D eigenvalue weighted by molar-refractivity contribution is -0.118. The summed E-state index contributed by atoms with van der Waals surface area (Å²) in [6, 6.07) is 12.0. The number of nitrogens with zero attached hydrogens (tertiary/aromatic N) is 2. The number of carbonyl (C=O) groups excluding carboxylic acids is 1. The van der Waals surface area contributed by atoms with E-state index in [2.05, 4.69) is 27.4 Å². The summed E-state index contributed by atoms with van der Waals surface area (Å²) in [4.78, 5) is 19.8. The molecule has 0 fully saturated rings. The first-order valence-electron chi connectivity index (χ1n) is 6.40. The van der Waals surface area contributed by atoms with E-state index in [-0.39, 0.29) is 5.91 Å². The van der Waals surface area contributed by atoms with Crippen LogP contribution >= 0.6 is 11.8 Å². The maximum absolute atomic E-state index is 11.7. The van der Waals surface area contributed by atoms with Gasteiger partial charge in [-0.1, -0.05) is 30.3 Å². The van der Waals surface area contributed by atoms with Crippen LogP contribution in [0.2, 0.25) is 0 Å². The topological polar surface area (TPSA) is 54.9 Å². The molecular formula is C15H17N3OS. The van der Waals surface area contributed by atoms with Crippen LogP contribution in [0, 0.1) is 6.92 Å². The highest BCUT2D eigenvalue weighted by Gasteiger charge is 2.03. The van der Waals surface area contributed by atoms with Crippen molar-refractivity contribution in [1.82, 2.24) is 15.3 Å². The molecule has 4 nitrogen and oxygen atoms in total. The number of amides is 1. The van der Waals surface area contributed by atoms with Crippen molar-refractivity contribution in [3.05, 3.63) is 59.7 Å². The predicted molar refractivity (Wildman–Crippen MR) is 81.2 cm³/mol. The summed E-state index contributed by atoms with van der Waals surface area (Å²) in [6.45, 7) is 2.36. The van der Waals surface area contributed by atoms with Gasteiger partial charge in [0.1, 0.15) is 6.33 Å². The zero-order valence-corrected chi connectivity index (χ0v) is 12.2. The fraction of sp³-hybridized carbons (Fsp3) is 0.267. The minimum absolute atomic E-state index is 0.0298. The van der Waals surface area contributed by atoms with Crippen LogP contribution in [0.1, 0.15) is 17.0 Å². The van der Waals surface area contributed by atoms with Crippen LogP contribution in [0.25, 0.3) is 0 Å². The van der Waals surface area contributed by atoms with Crippen LogP contribution < -0.4 is 5.32 Å². The Morgan fingerprint density at radius 2 is 2.05 bits per heavy atom. The molecule has 0 unspecified atom stereocenters. The summed E-state index contributed by atoms with van der Waals surface area (Å²) in [5.74, 6) is 1.34. The van der Waals surface area contributed by atoms with E-state index in [0.29, 0.717) is 12.3 Å². The van der Waals surface area contributed by atoms with E-state index in [1.54, 1.807) is 11.8 Å². The third kappa shape index (κ3) is 5.01. The number of carbonyl (C=O) groups is 1. The van der Waals surface area contributed by atoms with Crippen molar-refractivity contribution in [3.63, 3.8) is 0 Å². The molecule has 2 aromatic rings.